The number of halogens is 2. The highest BCUT2D eigenvalue weighted by Crippen LogP contribution is 2.59. The van der Waals surface area contributed by atoms with Gasteiger partial charge in [-0.1, -0.05) is 19.9 Å². The highest BCUT2D eigenvalue weighted by atomic mass is 19.1. The van der Waals surface area contributed by atoms with E-state index >= 15 is 0 Å². The fourth-order valence-corrected chi connectivity index (χ4v) is 3.01. The van der Waals surface area contributed by atoms with Gasteiger partial charge in [-0.2, -0.15) is 5.26 Å². The van der Waals surface area contributed by atoms with Crippen LogP contribution in [-0.2, 0) is 27.5 Å². The molecule has 0 aromatic heterocycles. The number of rotatable bonds is 6. The van der Waals surface area contributed by atoms with Gasteiger partial charge in [0, 0.05) is 18.2 Å². The summed E-state index contributed by atoms with van der Waals surface area (Å²) in [5.74, 6) is -2.33. The summed E-state index contributed by atoms with van der Waals surface area (Å²) in [4.78, 5) is 12.3. The van der Waals surface area contributed by atoms with Crippen molar-refractivity contribution < 1.29 is 23.0 Å². The summed E-state index contributed by atoms with van der Waals surface area (Å²) in [7, 11) is 1.35. The molecule has 0 amide bonds. The summed E-state index contributed by atoms with van der Waals surface area (Å²) in [6.07, 6.45) is 1.77. The number of methoxy groups -OCH3 is 1. The highest BCUT2D eigenvalue weighted by Gasteiger charge is 2.61. The van der Waals surface area contributed by atoms with E-state index in [9.17, 15) is 13.6 Å². The Morgan fingerprint density at radius 2 is 1.92 bits per heavy atom. The molecule has 0 radical (unpaired) electrons. The van der Waals surface area contributed by atoms with Crippen LogP contribution in [0.4, 0.5) is 8.78 Å². The number of nitriles is 1. The van der Waals surface area contributed by atoms with Crippen LogP contribution in [0.25, 0.3) is 0 Å². The zero-order valence-corrected chi connectivity index (χ0v) is 14.7. The second kappa shape index (κ2) is 7.32. The van der Waals surface area contributed by atoms with Gasteiger partial charge in [0.05, 0.1) is 18.6 Å². The number of allylic oxidation sites excluding steroid dienone is 2. The van der Waals surface area contributed by atoms with Crippen molar-refractivity contribution in [3.63, 3.8) is 0 Å². The number of ether oxygens (including phenoxy) is 2. The predicted octanol–water partition coefficient (Wildman–Crippen LogP) is 3.90. The molecule has 1 saturated carbocycles. The number of hydrogen-bond acceptors (Lipinski definition) is 4. The van der Waals surface area contributed by atoms with Gasteiger partial charge in [-0.05, 0) is 36.0 Å². The van der Waals surface area contributed by atoms with Gasteiger partial charge in [0.25, 0.3) is 0 Å². The molecule has 6 heteroatoms. The largest absolute Gasteiger partial charge is 0.461 e. The second-order valence-electron chi connectivity index (χ2n) is 6.87. The lowest BCUT2D eigenvalue weighted by Crippen LogP contribution is -2.11. The summed E-state index contributed by atoms with van der Waals surface area (Å²) in [6, 6.07) is 4.31. The average molecular weight is 349 g/mol. The zero-order valence-electron chi connectivity index (χ0n) is 14.7. The first-order chi connectivity index (χ1) is 11.7. The molecule has 2 atom stereocenters. The van der Waals surface area contributed by atoms with Crippen molar-refractivity contribution in [1.29, 1.82) is 5.26 Å². The van der Waals surface area contributed by atoms with E-state index in [1.54, 1.807) is 13.0 Å². The van der Waals surface area contributed by atoms with Crippen LogP contribution in [0.2, 0.25) is 0 Å². The number of hydrogen-bond donors (Lipinski definition) is 0. The molecule has 1 aromatic carbocycles. The minimum absolute atomic E-state index is 0.0720. The predicted molar refractivity (Wildman–Crippen MR) is 87.0 cm³/mol. The van der Waals surface area contributed by atoms with Crippen LogP contribution in [0.15, 0.2) is 23.8 Å². The lowest BCUT2D eigenvalue weighted by molar-refractivity contribution is -0.147. The zero-order chi connectivity index (χ0) is 18.8. The first-order valence-electron chi connectivity index (χ1n) is 7.93. The Morgan fingerprint density at radius 1 is 1.32 bits per heavy atom. The highest BCUT2D eigenvalue weighted by molar-refractivity contribution is 5.78. The molecule has 0 spiro atoms. The van der Waals surface area contributed by atoms with Crippen LogP contribution in [0.3, 0.4) is 0 Å². The second-order valence-corrected chi connectivity index (χ2v) is 6.87. The lowest BCUT2D eigenvalue weighted by atomic mass is 10.1. The van der Waals surface area contributed by atoms with Gasteiger partial charge >= 0.3 is 5.97 Å². The van der Waals surface area contributed by atoms with Gasteiger partial charge in [0.2, 0.25) is 0 Å². The first-order valence-corrected chi connectivity index (χ1v) is 7.93. The van der Waals surface area contributed by atoms with Crippen molar-refractivity contribution in [3.05, 3.63) is 46.5 Å². The fourth-order valence-electron chi connectivity index (χ4n) is 3.01. The monoisotopic (exact) mass is 349 g/mol. The molecule has 0 heterocycles. The van der Waals surface area contributed by atoms with Crippen LogP contribution >= 0.6 is 0 Å². The van der Waals surface area contributed by atoms with E-state index in [4.69, 9.17) is 14.7 Å². The molecule has 134 valence electrons. The number of carbonyl (C=O) groups excluding carboxylic acids is 1. The Hall–Kier alpha value is -2.26. The molecule has 1 aromatic rings. The smallest absolute Gasteiger partial charge is 0.310 e. The van der Waals surface area contributed by atoms with E-state index in [1.807, 2.05) is 19.9 Å². The summed E-state index contributed by atoms with van der Waals surface area (Å²) in [6.45, 7) is 5.15. The average Bonchev–Trinajstić information content (AvgIpc) is 3.08. The molecule has 25 heavy (non-hydrogen) atoms. The van der Waals surface area contributed by atoms with Crippen molar-refractivity contribution >= 4 is 5.97 Å². The molecule has 0 N–H and O–H groups in total. The molecule has 0 unspecified atom stereocenters. The van der Waals surface area contributed by atoms with E-state index in [-0.39, 0.29) is 41.6 Å². The van der Waals surface area contributed by atoms with Crippen LogP contribution < -0.4 is 0 Å². The third kappa shape index (κ3) is 4.05. The summed E-state index contributed by atoms with van der Waals surface area (Å²) >= 11 is 0. The minimum atomic E-state index is -0.731. The molecular formula is C19H21F2NO3. The van der Waals surface area contributed by atoms with Crippen LogP contribution in [0, 0.1) is 40.2 Å². The number of nitrogens with zero attached hydrogens (tertiary/aromatic N) is 1. The standard InChI is InChI=1S/C19H21F2NO3/c1-11(8-22)5-14-17(19(14,2)3)18(23)25-9-12-6-15(20)13(10-24-4)16(21)7-12/h5-7,14,17H,9-10H2,1-4H3/b11-5-/t14-,17+/m1/s1. The molecule has 4 nitrogen and oxygen atoms in total. The Kier molecular flexibility index (Phi) is 5.58. The SMILES string of the molecule is COCc1c(F)cc(COC(=O)[C@@H]2[C@@H](/C=C(/C)C#N)C2(C)C)cc1F. The normalized spacial score (nSPS) is 21.6. The Bertz CT molecular complexity index is 727. The minimum Gasteiger partial charge on any atom is -0.461 e. The molecular weight excluding hydrogens is 328 g/mol. The number of esters is 1. The topological polar surface area (TPSA) is 59.3 Å². The molecule has 0 saturated heterocycles. The lowest BCUT2D eigenvalue weighted by Gasteiger charge is -2.09. The van der Waals surface area contributed by atoms with Crippen molar-refractivity contribution in [3.8, 4) is 6.07 Å². The van der Waals surface area contributed by atoms with Crippen LogP contribution in [0.1, 0.15) is 31.9 Å². The van der Waals surface area contributed by atoms with E-state index in [1.165, 1.54) is 7.11 Å². The van der Waals surface area contributed by atoms with E-state index < -0.39 is 17.6 Å². The molecule has 1 aliphatic carbocycles. The molecule has 0 aliphatic heterocycles. The van der Waals surface area contributed by atoms with Crippen LogP contribution in [-0.4, -0.2) is 13.1 Å². The van der Waals surface area contributed by atoms with Gasteiger partial charge in [0.15, 0.2) is 0 Å². The van der Waals surface area contributed by atoms with Crippen molar-refractivity contribution in [2.45, 2.75) is 34.0 Å². The fraction of sp³-hybridized carbons (Fsp3) is 0.474. The van der Waals surface area contributed by atoms with Gasteiger partial charge in [-0.15, -0.1) is 0 Å². The van der Waals surface area contributed by atoms with Crippen molar-refractivity contribution in [1.82, 2.24) is 0 Å². The molecule has 0 bridgehead atoms. The Balaban J connectivity index is 2.03. The van der Waals surface area contributed by atoms with Crippen molar-refractivity contribution in [2.24, 2.45) is 17.3 Å². The maximum atomic E-state index is 13.9. The quantitative estimate of drug-likeness (QED) is 0.577. The Morgan fingerprint density at radius 3 is 2.44 bits per heavy atom. The van der Waals surface area contributed by atoms with Crippen LogP contribution in [0.5, 0.6) is 0 Å². The third-order valence-corrected chi connectivity index (χ3v) is 4.64. The summed E-state index contributed by atoms with van der Waals surface area (Å²) < 4.78 is 37.7. The number of benzene rings is 1. The summed E-state index contributed by atoms with van der Waals surface area (Å²) in [5.41, 5.74) is 0.333. The van der Waals surface area contributed by atoms with E-state index in [0.717, 1.165) is 12.1 Å². The van der Waals surface area contributed by atoms with Crippen molar-refractivity contribution in [2.75, 3.05) is 7.11 Å². The molecule has 2 rings (SSSR count). The van der Waals surface area contributed by atoms with Gasteiger partial charge in [-0.3, -0.25) is 4.79 Å². The van der Waals surface area contributed by atoms with E-state index in [2.05, 4.69) is 0 Å². The Labute approximate surface area is 146 Å². The maximum absolute atomic E-state index is 13.9. The van der Waals surface area contributed by atoms with Gasteiger partial charge in [-0.25, -0.2) is 8.78 Å². The molecule has 1 fully saturated rings. The van der Waals surface area contributed by atoms with E-state index in [0.29, 0.717) is 5.57 Å². The third-order valence-electron chi connectivity index (χ3n) is 4.64. The van der Waals surface area contributed by atoms with Gasteiger partial charge < -0.3 is 9.47 Å². The first kappa shape index (κ1) is 19.1. The maximum Gasteiger partial charge on any atom is 0.310 e. The number of carbonyl (C=O) groups is 1. The molecule has 1 aliphatic rings. The van der Waals surface area contributed by atoms with Gasteiger partial charge in [0.1, 0.15) is 18.2 Å². The summed E-state index contributed by atoms with van der Waals surface area (Å²) in [5, 5.41) is 8.86.